The van der Waals surface area contributed by atoms with Crippen LogP contribution in [0.5, 0.6) is 0 Å². The molecular weight excluding hydrogens is 266 g/mol. The topological polar surface area (TPSA) is 99.7 Å². The molecule has 0 unspecified atom stereocenters. The largest absolute Gasteiger partial charge is 0.462 e. The molecule has 0 bridgehead atoms. The molecule has 0 atom stereocenters. The van der Waals surface area contributed by atoms with E-state index in [0.717, 1.165) is 0 Å². The van der Waals surface area contributed by atoms with Crippen LogP contribution in [-0.2, 0) is 4.74 Å². The second-order valence-electron chi connectivity index (χ2n) is 4.06. The number of ether oxygens (including phenoxy) is 1. The van der Waals surface area contributed by atoms with Crippen molar-refractivity contribution in [2.24, 2.45) is 0 Å². The average molecular weight is 277 g/mol. The lowest BCUT2D eigenvalue weighted by Crippen LogP contribution is -2.16. The van der Waals surface area contributed by atoms with Gasteiger partial charge in [0.15, 0.2) is 0 Å². The number of non-ortho nitro benzene ring substituents is 1. The van der Waals surface area contributed by atoms with Gasteiger partial charge in [-0.2, -0.15) is 0 Å². The molecule has 0 aliphatic rings. The van der Waals surface area contributed by atoms with E-state index in [1.807, 2.05) is 6.92 Å². The molecule has 2 aromatic rings. The van der Waals surface area contributed by atoms with Gasteiger partial charge in [-0.05, 0) is 18.6 Å². The van der Waals surface area contributed by atoms with Crippen LogP contribution in [0.25, 0.3) is 11.0 Å². The number of carbonyl (C=O) groups excluding carboxylic acids is 1. The van der Waals surface area contributed by atoms with E-state index in [1.54, 1.807) is 0 Å². The molecule has 104 valence electrons. The first-order valence-corrected chi connectivity index (χ1v) is 5.92. The van der Waals surface area contributed by atoms with E-state index >= 15 is 0 Å². The number of benzene rings is 1. The summed E-state index contributed by atoms with van der Waals surface area (Å²) < 4.78 is 9.80. The summed E-state index contributed by atoms with van der Waals surface area (Å²) in [4.78, 5) is 33.4. The molecule has 0 spiro atoms. The van der Waals surface area contributed by atoms with E-state index in [1.165, 1.54) is 24.3 Å². The van der Waals surface area contributed by atoms with Crippen molar-refractivity contribution in [1.29, 1.82) is 0 Å². The maximum atomic E-state index is 11.7. The van der Waals surface area contributed by atoms with Gasteiger partial charge in [0.1, 0.15) is 11.1 Å². The number of hydrogen-bond acceptors (Lipinski definition) is 6. The molecule has 7 heteroatoms. The van der Waals surface area contributed by atoms with Gasteiger partial charge in [-0.1, -0.05) is 6.92 Å². The number of carbonyl (C=O) groups is 1. The monoisotopic (exact) mass is 277 g/mol. The van der Waals surface area contributed by atoms with Gasteiger partial charge in [0.05, 0.1) is 11.5 Å². The van der Waals surface area contributed by atoms with Gasteiger partial charge in [0, 0.05) is 17.5 Å². The first-order valence-electron chi connectivity index (χ1n) is 5.92. The van der Waals surface area contributed by atoms with Crippen molar-refractivity contribution in [3.63, 3.8) is 0 Å². The molecule has 0 aliphatic carbocycles. The van der Waals surface area contributed by atoms with Gasteiger partial charge in [-0.25, -0.2) is 9.59 Å². The van der Waals surface area contributed by atoms with Crippen LogP contribution in [-0.4, -0.2) is 17.5 Å². The lowest BCUT2D eigenvalue weighted by molar-refractivity contribution is -0.384. The molecule has 1 heterocycles. The predicted octanol–water partition coefficient (Wildman–Crippen LogP) is 2.27. The SMILES string of the molecule is CCCOC(=O)c1cc2cc([N+](=O)[O-])ccc2oc1=O. The maximum absolute atomic E-state index is 11.7. The maximum Gasteiger partial charge on any atom is 0.351 e. The highest BCUT2D eigenvalue weighted by Crippen LogP contribution is 2.20. The first kappa shape index (κ1) is 13.7. The standard InChI is InChI=1S/C13H11NO6/c1-2-5-19-12(15)10-7-8-6-9(14(17)18)3-4-11(8)20-13(10)16/h3-4,6-7H,2,5H2,1H3. The zero-order valence-corrected chi connectivity index (χ0v) is 10.6. The van der Waals surface area contributed by atoms with Crippen LogP contribution in [0.2, 0.25) is 0 Å². The highest BCUT2D eigenvalue weighted by Gasteiger charge is 2.16. The molecule has 20 heavy (non-hydrogen) atoms. The molecule has 0 fully saturated rings. The van der Waals surface area contributed by atoms with Crippen LogP contribution in [0.15, 0.2) is 33.5 Å². The summed E-state index contributed by atoms with van der Waals surface area (Å²) in [7, 11) is 0. The second-order valence-corrected chi connectivity index (χ2v) is 4.06. The van der Waals surface area contributed by atoms with Gasteiger partial charge < -0.3 is 9.15 Å². The van der Waals surface area contributed by atoms with Crippen molar-refractivity contribution in [2.75, 3.05) is 6.61 Å². The van der Waals surface area contributed by atoms with Crippen molar-refractivity contribution in [3.8, 4) is 0 Å². The van der Waals surface area contributed by atoms with Crippen LogP contribution in [0.1, 0.15) is 23.7 Å². The smallest absolute Gasteiger partial charge is 0.351 e. The Hall–Kier alpha value is -2.70. The average Bonchev–Trinajstić information content (AvgIpc) is 2.43. The summed E-state index contributed by atoms with van der Waals surface area (Å²) in [5, 5.41) is 11.0. The Bertz CT molecular complexity index is 733. The molecule has 0 saturated heterocycles. The van der Waals surface area contributed by atoms with Crippen LogP contribution >= 0.6 is 0 Å². The Morgan fingerprint density at radius 2 is 2.15 bits per heavy atom. The van der Waals surface area contributed by atoms with Gasteiger partial charge in [0.25, 0.3) is 5.69 Å². The normalized spacial score (nSPS) is 10.4. The zero-order valence-electron chi connectivity index (χ0n) is 10.6. The Morgan fingerprint density at radius 3 is 2.80 bits per heavy atom. The van der Waals surface area contributed by atoms with Gasteiger partial charge in [-0.15, -0.1) is 0 Å². The number of nitro groups is 1. The molecule has 2 rings (SSSR count). The van der Waals surface area contributed by atoms with Crippen molar-refractivity contribution >= 4 is 22.6 Å². The quantitative estimate of drug-likeness (QED) is 0.368. The molecule has 1 aromatic heterocycles. The summed E-state index contributed by atoms with van der Waals surface area (Å²) in [6.07, 6.45) is 0.621. The summed E-state index contributed by atoms with van der Waals surface area (Å²) in [6, 6.07) is 5.01. The summed E-state index contributed by atoms with van der Waals surface area (Å²) >= 11 is 0. The third-order valence-electron chi connectivity index (χ3n) is 2.58. The Morgan fingerprint density at radius 1 is 1.40 bits per heavy atom. The molecule has 0 amide bonds. The van der Waals surface area contributed by atoms with E-state index in [2.05, 4.69) is 0 Å². The number of nitro benzene ring substituents is 1. The minimum Gasteiger partial charge on any atom is -0.462 e. The first-order chi connectivity index (χ1) is 9.52. The zero-order chi connectivity index (χ0) is 14.7. The van der Waals surface area contributed by atoms with E-state index < -0.39 is 16.5 Å². The van der Waals surface area contributed by atoms with Gasteiger partial charge >= 0.3 is 11.6 Å². The molecule has 0 aliphatic heterocycles. The van der Waals surface area contributed by atoms with E-state index in [-0.39, 0.29) is 23.4 Å². The Balaban J connectivity index is 2.51. The second kappa shape index (κ2) is 5.52. The highest BCUT2D eigenvalue weighted by molar-refractivity contribution is 5.93. The summed E-state index contributed by atoms with van der Waals surface area (Å²) in [6.45, 7) is 2.00. The van der Waals surface area contributed by atoms with Gasteiger partial charge in [0.2, 0.25) is 0 Å². The number of nitrogens with zero attached hydrogens (tertiary/aromatic N) is 1. The van der Waals surface area contributed by atoms with Crippen LogP contribution in [0, 0.1) is 10.1 Å². The fraction of sp³-hybridized carbons (Fsp3) is 0.231. The molecule has 7 nitrogen and oxygen atoms in total. The van der Waals surface area contributed by atoms with Crippen molar-refractivity contribution in [2.45, 2.75) is 13.3 Å². The Kier molecular flexibility index (Phi) is 3.79. The lowest BCUT2D eigenvalue weighted by atomic mass is 10.1. The van der Waals surface area contributed by atoms with Crippen molar-refractivity contribution in [3.05, 3.63) is 50.4 Å². The Labute approximate surface area is 112 Å². The molecule has 0 N–H and O–H groups in total. The third kappa shape index (κ3) is 2.66. The van der Waals surface area contributed by atoms with E-state index in [4.69, 9.17) is 9.15 Å². The highest BCUT2D eigenvalue weighted by atomic mass is 16.6. The third-order valence-corrected chi connectivity index (χ3v) is 2.58. The lowest BCUT2D eigenvalue weighted by Gasteiger charge is -2.03. The predicted molar refractivity (Wildman–Crippen MR) is 69.7 cm³/mol. The summed E-state index contributed by atoms with van der Waals surface area (Å²) in [5.41, 5.74) is -1.08. The van der Waals surface area contributed by atoms with Crippen molar-refractivity contribution < 1.29 is 18.9 Å². The summed E-state index contributed by atoms with van der Waals surface area (Å²) in [5.74, 6) is -0.797. The minimum absolute atomic E-state index is 0.153. The van der Waals surface area contributed by atoms with Crippen molar-refractivity contribution in [1.82, 2.24) is 0 Å². The molecule has 1 aromatic carbocycles. The van der Waals surface area contributed by atoms with E-state index in [0.29, 0.717) is 11.8 Å². The van der Waals surface area contributed by atoms with Crippen LogP contribution in [0.4, 0.5) is 5.69 Å². The molecule has 0 radical (unpaired) electrons. The fourth-order valence-corrected chi connectivity index (χ4v) is 1.64. The number of rotatable bonds is 4. The van der Waals surface area contributed by atoms with Crippen LogP contribution < -0.4 is 5.63 Å². The minimum atomic E-state index is -0.826. The number of fused-ring (bicyclic) bond motifs is 1. The molecular formula is C13H11NO6. The molecule has 0 saturated carbocycles. The van der Waals surface area contributed by atoms with E-state index in [9.17, 15) is 19.7 Å². The fourth-order valence-electron chi connectivity index (χ4n) is 1.64. The van der Waals surface area contributed by atoms with Crippen LogP contribution in [0.3, 0.4) is 0 Å². The number of hydrogen-bond donors (Lipinski definition) is 0. The van der Waals surface area contributed by atoms with Gasteiger partial charge in [-0.3, -0.25) is 10.1 Å². The number of esters is 1.